The number of likely N-dealkylation sites (tertiary alicyclic amines) is 1. The van der Waals surface area contributed by atoms with Crippen molar-refractivity contribution in [1.82, 2.24) is 25.4 Å². The molecule has 1 fully saturated rings. The molecule has 1 aromatic rings. The first-order valence-corrected chi connectivity index (χ1v) is 17.8. The number of aliphatic hydroxyl groups excluding tert-OH is 1. The van der Waals surface area contributed by atoms with Gasteiger partial charge in [0, 0.05) is 57.2 Å². The van der Waals surface area contributed by atoms with Gasteiger partial charge in [0.15, 0.2) is 0 Å². The Bertz CT molecular complexity index is 927. The standard InChI is InChI=1S/C33H61N5O4S/c1-8-11-12-14-18-38(28(24(4)5)21-29(42-10-3)32-36-27(23-43-32)31(40)34-7)33(41)30(25(6)9-2)35-22-26-16-13-15-17-37(26)19-20-39/h23-26,28-30,35,39H,8-22H2,1-7H3,(H,34,40)/t25-,26?,28+,29+,30-/m0/s1. The van der Waals surface area contributed by atoms with Crippen LogP contribution in [0.2, 0.25) is 0 Å². The Morgan fingerprint density at radius 2 is 1.95 bits per heavy atom. The number of β-amino-alcohol motifs (C(OH)–C–C–N with tert-alkyl or cyclic N) is 1. The number of hydrogen-bond donors (Lipinski definition) is 3. The molecule has 0 spiro atoms. The van der Waals surface area contributed by atoms with E-state index in [0.717, 1.165) is 69.6 Å². The number of ether oxygens (including phenoxy) is 1. The van der Waals surface area contributed by atoms with Crippen LogP contribution in [-0.2, 0) is 9.53 Å². The van der Waals surface area contributed by atoms with Crippen LogP contribution in [0.15, 0.2) is 5.38 Å². The van der Waals surface area contributed by atoms with Crippen molar-refractivity contribution in [3.8, 4) is 0 Å². The van der Waals surface area contributed by atoms with Crippen LogP contribution in [-0.4, -0.2) is 96.3 Å². The van der Waals surface area contributed by atoms with Gasteiger partial charge in [-0.05, 0) is 44.6 Å². The van der Waals surface area contributed by atoms with Crippen LogP contribution in [0.25, 0.3) is 0 Å². The first-order valence-electron chi connectivity index (χ1n) is 16.9. The number of carbonyl (C=O) groups excluding carboxylic acids is 2. The third-order valence-electron chi connectivity index (χ3n) is 8.97. The summed E-state index contributed by atoms with van der Waals surface area (Å²) in [7, 11) is 1.61. The first-order chi connectivity index (χ1) is 20.7. The van der Waals surface area contributed by atoms with Gasteiger partial charge < -0.3 is 25.4 Å². The summed E-state index contributed by atoms with van der Waals surface area (Å²) in [5.41, 5.74) is 0.403. The number of aromatic nitrogens is 1. The van der Waals surface area contributed by atoms with Gasteiger partial charge in [-0.2, -0.15) is 0 Å². The number of carbonyl (C=O) groups is 2. The molecule has 1 aromatic heterocycles. The second-order valence-corrected chi connectivity index (χ2v) is 13.3. The molecule has 2 amide bonds. The van der Waals surface area contributed by atoms with E-state index in [2.05, 4.69) is 60.0 Å². The van der Waals surface area contributed by atoms with E-state index in [-0.39, 0.29) is 48.4 Å². The molecule has 0 aromatic carbocycles. The van der Waals surface area contributed by atoms with Gasteiger partial charge in [-0.1, -0.05) is 66.7 Å². The molecule has 0 aliphatic carbocycles. The zero-order chi connectivity index (χ0) is 31.8. The SMILES string of the molecule is CCCCCCN(C(=O)[C@@H](NCC1CCCCN1CCO)[C@@H](C)CC)[C@H](C[C@@H](OCC)c1nc(C(=O)NC)cs1)C(C)C. The summed E-state index contributed by atoms with van der Waals surface area (Å²) in [5.74, 6) is 0.371. The number of nitrogens with one attached hydrogen (secondary N) is 2. The molecule has 0 radical (unpaired) electrons. The molecule has 0 bridgehead atoms. The molecule has 5 atom stereocenters. The van der Waals surface area contributed by atoms with Crippen molar-refractivity contribution in [2.75, 3.05) is 46.4 Å². The number of thiazole rings is 1. The average Bonchev–Trinajstić information content (AvgIpc) is 3.50. The summed E-state index contributed by atoms with van der Waals surface area (Å²) in [5, 5.41) is 18.6. The maximum atomic E-state index is 14.6. The van der Waals surface area contributed by atoms with Gasteiger partial charge in [0.2, 0.25) is 5.91 Å². The van der Waals surface area contributed by atoms with Gasteiger partial charge in [0.25, 0.3) is 5.91 Å². The van der Waals surface area contributed by atoms with Crippen LogP contribution in [0.4, 0.5) is 0 Å². The van der Waals surface area contributed by atoms with Crippen LogP contribution in [0.5, 0.6) is 0 Å². The monoisotopic (exact) mass is 623 g/mol. The lowest BCUT2D eigenvalue weighted by Crippen LogP contribution is -2.57. The number of unbranched alkanes of at least 4 members (excludes halogenated alkanes) is 3. The maximum absolute atomic E-state index is 14.6. The molecule has 10 heteroatoms. The fraction of sp³-hybridized carbons (Fsp3) is 0.848. The maximum Gasteiger partial charge on any atom is 0.270 e. The topological polar surface area (TPSA) is 107 Å². The Morgan fingerprint density at radius 1 is 1.19 bits per heavy atom. The van der Waals surface area contributed by atoms with Crippen LogP contribution in [0.1, 0.15) is 121 Å². The van der Waals surface area contributed by atoms with E-state index < -0.39 is 0 Å². The van der Waals surface area contributed by atoms with Crippen LogP contribution < -0.4 is 10.6 Å². The predicted octanol–water partition coefficient (Wildman–Crippen LogP) is 5.26. The molecule has 2 rings (SSSR count). The largest absolute Gasteiger partial charge is 0.395 e. The van der Waals surface area contributed by atoms with Crippen LogP contribution in [0.3, 0.4) is 0 Å². The molecule has 43 heavy (non-hydrogen) atoms. The van der Waals surface area contributed by atoms with Gasteiger partial charge in [0.05, 0.1) is 12.6 Å². The minimum absolute atomic E-state index is 0.0352. The number of piperidine rings is 1. The third kappa shape index (κ3) is 11.7. The highest BCUT2D eigenvalue weighted by Crippen LogP contribution is 2.31. The molecule has 248 valence electrons. The number of amides is 2. The van der Waals surface area contributed by atoms with Crippen molar-refractivity contribution < 1.29 is 19.4 Å². The Hall–Kier alpha value is -1.59. The van der Waals surface area contributed by atoms with E-state index >= 15 is 0 Å². The minimum Gasteiger partial charge on any atom is -0.395 e. The lowest BCUT2D eigenvalue weighted by molar-refractivity contribution is -0.139. The predicted molar refractivity (Wildman–Crippen MR) is 177 cm³/mol. The number of nitrogens with zero attached hydrogens (tertiary/aromatic N) is 3. The van der Waals surface area contributed by atoms with Crippen molar-refractivity contribution in [3.63, 3.8) is 0 Å². The number of aliphatic hydroxyl groups is 1. The van der Waals surface area contributed by atoms with Crippen molar-refractivity contribution in [2.45, 2.75) is 124 Å². The Balaban J connectivity index is 2.35. The van der Waals surface area contributed by atoms with E-state index in [1.807, 2.05) is 6.92 Å². The molecule has 3 N–H and O–H groups in total. The van der Waals surface area contributed by atoms with Gasteiger partial charge in [-0.25, -0.2) is 4.98 Å². The Labute approximate surface area is 265 Å². The van der Waals surface area contributed by atoms with E-state index in [1.54, 1.807) is 12.4 Å². The van der Waals surface area contributed by atoms with Crippen molar-refractivity contribution >= 4 is 23.2 Å². The lowest BCUT2D eigenvalue weighted by Gasteiger charge is -2.41. The highest BCUT2D eigenvalue weighted by Gasteiger charge is 2.36. The second kappa shape index (κ2) is 20.4. The molecule has 1 aliphatic heterocycles. The highest BCUT2D eigenvalue weighted by atomic mass is 32.1. The van der Waals surface area contributed by atoms with Crippen LogP contribution >= 0.6 is 11.3 Å². The third-order valence-corrected chi connectivity index (χ3v) is 9.91. The Morgan fingerprint density at radius 3 is 2.58 bits per heavy atom. The summed E-state index contributed by atoms with van der Waals surface area (Å²) in [6.45, 7) is 16.8. The van der Waals surface area contributed by atoms with E-state index in [9.17, 15) is 14.7 Å². The molecular formula is C33H61N5O4S. The van der Waals surface area contributed by atoms with E-state index in [4.69, 9.17) is 4.74 Å². The van der Waals surface area contributed by atoms with Crippen molar-refractivity contribution in [3.05, 3.63) is 16.1 Å². The average molecular weight is 624 g/mol. The molecule has 1 unspecified atom stereocenters. The smallest absolute Gasteiger partial charge is 0.270 e. The summed E-state index contributed by atoms with van der Waals surface area (Å²) in [6, 6.07) is 0.0217. The van der Waals surface area contributed by atoms with E-state index in [0.29, 0.717) is 31.3 Å². The molecule has 0 saturated carbocycles. The van der Waals surface area contributed by atoms with Gasteiger partial charge in [-0.3, -0.25) is 14.5 Å². The first kappa shape index (κ1) is 37.6. The second-order valence-electron chi connectivity index (χ2n) is 12.4. The van der Waals surface area contributed by atoms with Crippen molar-refractivity contribution in [2.24, 2.45) is 11.8 Å². The van der Waals surface area contributed by atoms with E-state index in [1.165, 1.54) is 17.8 Å². The Kier molecular flexibility index (Phi) is 17.9. The molecular weight excluding hydrogens is 562 g/mol. The molecule has 9 nitrogen and oxygen atoms in total. The number of rotatable bonds is 21. The van der Waals surface area contributed by atoms with Crippen LogP contribution in [0, 0.1) is 11.8 Å². The van der Waals surface area contributed by atoms with Gasteiger partial charge >= 0.3 is 0 Å². The summed E-state index contributed by atoms with van der Waals surface area (Å²) in [6.07, 6.45) is 9.06. The lowest BCUT2D eigenvalue weighted by atomic mass is 9.91. The molecule has 1 aliphatic rings. The summed E-state index contributed by atoms with van der Waals surface area (Å²) in [4.78, 5) is 36.0. The zero-order valence-electron chi connectivity index (χ0n) is 28.1. The number of hydrogen-bond acceptors (Lipinski definition) is 8. The quantitative estimate of drug-likeness (QED) is 0.161. The summed E-state index contributed by atoms with van der Waals surface area (Å²) < 4.78 is 6.24. The molecule has 1 saturated heterocycles. The highest BCUT2D eigenvalue weighted by molar-refractivity contribution is 7.09. The minimum atomic E-state index is -0.295. The normalized spacial score (nSPS) is 18.8. The van der Waals surface area contributed by atoms with Crippen molar-refractivity contribution in [1.29, 1.82) is 0 Å². The zero-order valence-corrected chi connectivity index (χ0v) is 28.9. The van der Waals surface area contributed by atoms with Gasteiger partial charge in [0.1, 0.15) is 16.8 Å². The van der Waals surface area contributed by atoms with Gasteiger partial charge in [-0.15, -0.1) is 11.3 Å². The fourth-order valence-corrected chi connectivity index (χ4v) is 7.02. The summed E-state index contributed by atoms with van der Waals surface area (Å²) >= 11 is 1.45. The molecule has 2 heterocycles. The fourth-order valence-electron chi connectivity index (χ4n) is 6.16.